The molecule has 2 heterocycles. The van der Waals surface area contributed by atoms with Gasteiger partial charge in [-0.2, -0.15) is 5.10 Å². The Hall–Kier alpha value is -2.38. The average Bonchev–Trinajstić information content (AvgIpc) is 2.94. The zero-order chi connectivity index (χ0) is 16.1. The zero-order valence-corrected chi connectivity index (χ0v) is 12.8. The molecule has 0 spiro atoms. The lowest BCUT2D eigenvalue weighted by atomic mass is 10.1. The van der Waals surface area contributed by atoms with E-state index >= 15 is 0 Å². The molecule has 8 heteroatoms. The highest BCUT2D eigenvalue weighted by molar-refractivity contribution is 6.04. The molecule has 1 aromatic rings. The van der Waals surface area contributed by atoms with E-state index in [4.69, 9.17) is 0 Å². The molecule has 22 heavy (non-hydrogen) atoms. The molecule has 1 aliphatic rings. The number of hydrogen-bond acceptors (Lipinski definition) is 4. The van der Waals surface area contributed by atoms with Crippen LogP contribution in [0.2, 0.25) is 0 Å². The summed E-state index contributed by atoms with van der Waals surface area (Å²) in [5.41, 5.74) is 2.09. The van der Waals surface area contributed by atoms with Crippen LogP contribution in [0.3, 0.4) is 0 Å². The van der Waals surface area contributed by atoms with Crippen molar-refractivity contribution in [3.05, 3.63) is 17.5 Å². The summed E-state index contributed by atoms with van der Waals surface area (Å²) in [6.45, 7) is 5.25. The van der Waals surface area contributed by atoms with Crippen molar-refractivity contribution in [1.82, 2.24) is 25.7 Å². The smallest absolute Gasteiger partial charge is 0.322 e. The Morgan fingerprint density at radius 1 is 1.41 bits per heavy atom. The summed E-state index contributed by atoms with van der Waals surface area (Å²) in [6, 6.07) is 0.910. The van der Waals surface area contributed by atoms with Crippen LogP contribution in [0.15, 0.2) is 6.07 Å². The second kappa shape index (κ2) is 7.06. The quantitative estimate of drug-likeness (QED) is 0.487. The van der Waals surface area contributed by atoms with Crippen LogP contribution in [0.25, 0.3) is 0 Å². The van der Waals surface area contributed by atoms with E-state index < -0.39 is 12.1 Å². The van der Waals surface area contributed by atoms with Crippen LogP contribution in [0.1, 0.15) is 30.7 Å². The average molecular weight is 307 g/mol. The Labute approximate surface area is 128 Å². The van der Waals surface area contributed by atoms with E-state index in [0.717, 1.165) is 24.4 Å². The molecule has 0 aliphatic carbocycles. The summed E-state index contributed by atoms with van der Waals surface area (Å²) in [6.07, 6.45) is 1.30. The Balaban J connectivity index is 1.61. The van der Waals surface area contributed by atoms with E-state index in [9.17, 15) is 14.4 Å². The number of carbonyl (C=O) groups excluding carboxylic acids is 3. The van der Waals surface area contributed by atoms with Crippen molar-refractivity contribution in [3.8, 4) is 0 Å². The Kier molecular flexibility index (Phi) is 5.13. The first-order valence-electron chi connectivity index (χ1n) is 7.35. The maximum absolute atomic E-state index is 11.7. The molecule has 1 aliphatic heterocycles. The third-order valence-corrected chi connectivity index (χ3v) is 3.49. The van der Waals surface area contributed by atoms with Gasteiger partial charge in [0.2, 0.25) is 5.91 Å². The lowest BCUT2D eigenvalue weighted by Crippen LogP contribution is -2.32. The Morgan fingerprint density at radius 2 is 2.18 bits per heavy atom. The number of hydrogen-bond donors (Lipinski definition) is 3. The monoisotopic (exact) mass is 307 g/mol. The summed E-state index contributed by atoms with van der Waals surface area (Å²) in [4.78, 5) is 33.9. The third-order valence-electron chi connectivity index (χ3n) is 3.49. The van der Waals surface area contributed by atoms with Crippen molar-refractivity contribution in [2.75, 3.05) is 6.54 Å². The number of aromatic nitrogens is 2. The Morgan fingerprint density at radius 3 is 2.77 bits per heavy atom. The van der Waals surface area contributed by atoms with Crippen molar-refractivity contribution in [1.29, 1.82) is 0 Å². The van der Waals surface area contributed by atoms with E-state index in [1.54, 1.807) is 0 Å². The molecule has 4 amide bonds. The van der Waals surface area contributed by atoms with Crippen LogP contribution in [0.4, 0.5) is 4.79 Å². The van der Waals surface area contributed by atoms with Gasteiger partial charge in [-0.3, -0.25) is 19.6 Å². The number of imide groups is 1. The van der Waals surface area contributed by atoms with Gasteiger partial charge in [-0.15, -0.1) is 0 Å². The first-order chi connectivity index (χ1) is 10.5. The Bertz CT molecular complexity index is 581. The summed E-state index contributed by atoms with van der Waals surface area (Å²) >= 11 is 0. The van der Waals surface area contributed by atoms with Crippen LogP contribution < -0.4 is 16.0 Å². The van der Waals surface area contributed by atoms with Crippen molar-refractivity contribution in [2.24, 2.45) is 0 Å². The fourth-order valence-corrected chi connectivity index (χ4v) is 2.38. The predicted octanol–water partition coefficient (Wildman–Crippen LogP) is -0.00556. The SMILES string of the molecule is Cc1cc(C)n(CCCNC(=O)CC[C@H]2NC(=O)NC2=O)n1. The fourth-order valence-electron chi connectivity index (χ4n) is 2.38. The minimum atomic E-state index is -0.604. The van der Waals surface area contributed by atoms with Gasteiger partial charge in [0.15, 0.2) is 0 Å². The maximum atomic E-state index is 11.7. The van der Waals surface area contributed by atoms with E-state index in [-0.39, 0.29) is 18.2 Å². The molecule has 0 unspecified atom stereocenters. The molecular formula is C14H21N5O3. The standard InChI is InChI=1S/C14H21N5O3/c1-9-8-10(2)19(18-9)7-3-6-15-12(20)5-4-11-13(21)17-14(22)16-11/h8,11H,3-7H2,1-2H3,(H,15,20)(H2,16,17,21,22)/t11-/m1/s1. The molecule has 8 nitrogen and oxygen atoms in total. The number of urea groups is 1. The fraction of sp³-hybridized carbons (Fsp3) is 0.571. The molecule has 0 bridgehead atoms. The number of nitrogens with one attached hydrogen (secondary N) is 3. The van der Waals surface area contributed by atoms with Crippen molar-refractivity contribution < 1.29 is 14.4 Å². The van der Waals surface area contributed by atoms with Crippen LogP contribution >= 0.6 is 0 Å². The summed E-state index contributed by atoms with van der Waals surface area (Å²) < 4.78 is 1.92. The molecule has 0 radical (unpaired) electrons. The minimum absolute atomic E-state index is 0.123. The normalized spacial score (nSPS) is 17.3. The second-order valence-electron chi connectivity index (χ2n) is 5.41. The molecule has 120 valence electrons. The molecule has 3 N–H and O–H groups in total. The lowest BCUT2D eigenvalue weighted by molar-refractivity contribution is -0.122. The van der Waals surface area contributed by atoms with Crippen molar-refractivity contribution in [3.63, 3.8) is 0 Å². The number of carbonyl (C=O) groups is 3. The van der Waals surface area contributed by atoms with Gasteiger partial charge >= 0.3 is 6.03 Å². The van der Waals surface area contributed by atoms with E-state index in [1.807, 2.05) is 24.6 Å². The van der Waals surface area contributed by atoms with Crippen molar-refractivity contribution >= 4 is 17.8 Å². The predicted molar refractivity (Wildman–Crippen MR) is 79.0 cm³/mol. The second-order valence-corrected chi connectivity index (χ2v) is 5.41. The highest BCUT2D eigenvalue weighted by Crippen LogP contribution is 2.03. The molecule has 1 aromatic heterocycles. The van der Waals surface area contributed by atoms with Gasteiger partial charge in [0.1, 0.15) is 6.04 Å². The maximum Gasteiger partial charge on any atom is 0.322 e. The molecule has 1 fully saturated rings. The number of amides is 4. The summed E-state index contributed by atoms with van der Waals surface area (Å²) in [7, 11) is 0. The van der Waals surface area contributed by atoms with E-state index in [0.29, 0.717) is 13.0 Å². The molecular weight excluding hydrogens is 286 g/mol. The third kappa shape index (κ3) is 4.31. The van der Waals surface area contributed by atoms with Gasteiger partial charge in [0.25, 0.3) is 5.91 Å². The topological polar surface area (TPSA) is 105 Å². The van der Waals surface area contributed by atoms with Gasteiger partial charge < -0.3 is 10.6 Å². The van der Waals surface area contributed by atoms with Gasteiger partial charge in [-0.1, -0.05) is 0 Å². The van der Waals surface area contributed by atoms with Crippen LogP contribution in [0, 0.1) is 13.8 Å². The molecule has 0 saturated carbocycles. The summed E-state index contributed by atoms with van der Waals surface area (Å²) in [5.74, 6) is -0.496. The van der Waals surface area contributed by atoms with Gasteiger partial charge in [0, 0.05) is 25.2 Å². The first-order valence-corrected chi connectivity index (χ1v) is 7.35. The van der Waals surface area contributed by atoms with Gasteiger partial charge in [-0.25, -0.2) is 4.79 Å². The number of rotatable bonds is 7. The van der Waals surface area contributed by atoms with Gasteiger partial charge in [-0.05, 0) is 32.8 Å². The minimum Gasteiger partial charge on any atom is -0.356 e. The first kappa shape index (κ1) is 16.0. The zero-order valence-electron chi connectivity index (χ0n) is 12.8. The summed E-state index contributed by atoms with van der Waals surface area (Å²) in [5, 5.41) is 11.8. The van der Waals surface area contributed by atoms with E-state index in [2.05, 4.69) is 21.0 Å². The van der Waals surface area contributed by atoms with E-state index in [1.165, 1.54) is 0 Å². The number of nitrogens with zero attached hydrogens (tertiary/aromatic N) is 2. The lowest BCUT2D eigenvalue weighted by Gasteiger charge is -2.08. The highest BCUT2D eigenvalue weighted by atomic mass is 16.2. The highest BCUT2D eigenvalue weighted by Gasteiger charge is 2.29. The van der Waals surface area contributed by atoms with Crippen LogP contribution in [0.5, 0.6) is 0 Å². The largest absolute Gasteiger partial charge is 0.356 e. The van der Waals surface area contributed by atoms with Crippen LogP contribution in [-0.2, 0) is 16.1 Å². The molecule has 1 atom stereocenters. The van der Waals surface area contributed by atoms with Crippen molar-refractivity contribution in [2.45, 2.75) is 45.7 Å². The van der Waals surface area contributed by atoms with Gasteiger partial charge in [0.05, 0.1) is 5.69 Å². The van der Waals surface area contributed by atoms with Crippen LogP contribution in [-0.4, -0.2) is 40.2 Å². The molecule has 1 saturated heterocycles. The molecule has 2 rings (SSSR count). The number of aryl methyl sites for hydroxylation is 3. The molecule has 0 aromatic carbocycles.